The van der Waals surface area contributed by atoms with E-state index in [0.717, 1.165) is 77.7 Å². The lowest BCUT2D eigenvalue weighted by Crippen LogP contribution is -2.52. The zero-order chi connectivity index (χ0) is 22.2. The Labute approximate surface area is 217 Å². The van der Waals surface area contributed by atoms with Gasteiger partial charge in [-0.2, -0.15) is 0 Å². The normalized spacial score (nSPS) is 27.1. The number of ether oxygens (including phenoxy) is 1. The number of likely N-dealkylation sites (tertiary alicyclic amines) is 1. The fourth-order valence-electron chi connectivity index (χ4n) is 6.27. The van der Waals surface area contributed by atoms with Crippen molar-refractivity contribution in [1.29, 1.82) is 0 Å². The van der Waals surface area contributed by atoms with E-state index in [9.17, 15) is 4.79 Å². The fraction of sp³-hybridized carbons (Fsp3) is 0.920. The summed E-state index contributed by atoms with van der Waals surface area (Å²) < 4.78 is 5.56. The number of amides is 1. The van der Waals surface area contributed by atoms with Gasteiger partial charge in [0.2, 0.25) is 5.91 Å². The summed E-state index contributed by atoms with van der Waals surface area (Å²) in [6.45, 7) is 7.67. The van der Waals surface area contributed by atoms with E-state index < -0.39 is 0 Å². The van der Waals surface area contributed by atoms with E-state index in [1.807, 2.05) is 7.05 Å². The zero-order valence-corrected chi connectivity index (χ0v) is 23.0. The lowest BCUT2D eigenvalue weighted by molar-refractivity contribution is -0.135. The largest absolute Gasteiger partial charge is 0.379 e. The summed E-state index contributed by atoms with van der Waals surface area (Å²) in [5.41, 5.74) is 0.325. The molecule has 2 saturated carbocycles. The van der Waals surface area contributed by atoms with E-state index >= 15 is 0 Å². The molecule has 0 aromatic heterocycles. The van der Waals surface area contributed by atoms with Crippen LogP contribution in [0.5, 0.6) is 0 Å². The van der Waals surface area contributed by atoms with Crippen LogP contribution < -0.4 is 10.6 Å². The molecule has 7 nitrogen and oxygen atoms in total. The minimum atomic E-state index is 0. The van der Waals surface area contributed by atoms with Gasteiger partial charge in [-0.1, -0.05) is 38.5 Å². The molecule has 2 aliphatic carbocycles. The lowest BCUT2D eigenvalue weighted by Gasteiger charge is -2.42. The number of aliphatic imine (C=N–C) groups is 1. The Hall–Kier alpha value is -0.610. The molecule has 0 bridgehead atoms. The molecule has 4 aliphatic rings. The van der Waals surface area contributed by atoms with Gasteiger partial charge in [0.15, 0.2) is 5.96 Å². The number of carbonyl (C=O) groups excluding carboxylic acids is 1. The van der Waals surface area contributed by atoms with Crippen LogP contribution in [0.25, 0.3) is 0 Å². The lowest BCUT2D eigenvalue weighted by atomic mass is 9.73. The molecule has 1 amide bonds. The van der Waals surface area contributed by atoms with Crippen molar-refractivity contribution in [3.8, 4) is 0 Å². The second-order valence-electron chi connectivity index (χ2n) is 10.6. The highest BCUT2D eigenvalue weighted by Crippen LogP contribution is 2.37. The van der Waals surface area contributed by atoms with Crippen LogP contribution in [0.15, 0.2) is 4.99 Å². The minimum Gasteiger partial charge on any atom is -0.379 e. The molecule has 2 N–H and O–H groups in total. The first-order chi connectivity index (χ1) is 15.7. The zero-order valence-electron chi connectivity index (χ0n) is 20.7. The van der Waals surface area contributed by atoms with Gasteiger partial charge in [0, 0.05) is 63.7 Å². The predicted octanol–water partition coefficient (Wildman–Crippen LogP) is 3.23. The number of guanidine groups is 1. The average Bonchev–Trinajstić information content (AvgIpc) is 3.31. The van der Waals surface area contributed by atoms with E-state index in [0.29, 0.717) is 17.4 Å². The van der Waals surface area contributed by atoms with Crippen molar-refractivity contribution in [2.45, 2.75) is 76.7 Å². The van der Waals surface area contributed by atoms with Crippen molar-refractivity contribution in [2.75, 3.05) is 59.5 Å². The molecular weight excluding hydrogens is 529 g/mol. The minimum absolute atomic E-state index is 0. The van der Waals surface area contributed by atoms with Gasteiger partial charge in [-0.25, -0.2) is 0 Å². The molecule has 0 aromatic rings. The number of hydrogen-bond donors (Lipinski definition) is 2. The summed E-state index contributed by atoms with van der Waals surface area (Å²) >= 11 is 0. The maximum Gasteiger partial charge on any atom is 0.225 e. The molecular formula is C25H46IN5O2. The van der Waals surface area contributed by atoms with E-state index in [1.54, 1.807) is 0 Å². The summed E-state index contributed by atoms with van der Waals surface area (Å²) in [5, 5.41) is 7.31. The molecule has 2 saturated heterocycles. The number of rotatable bonds is 6. The van der Waals surface area contributed by atoms with Gasteiger partial charge in [0.25, 0.3) is 0 Å². The molecule has 0 aromatic carbocycles. The van der Waals surface area contributed by atoms with E-state index in [4.69, 9.17) is 4.74 Å². The number of nitrogens with one attached hydrogen (secondary N) is 2. The Kier molecular flexibility index (Phi) is 11.0. The molecule has 1 atom stereocenters. The van der Waals surface area contributed by atoms with Crippen LogP contribution in [0.2, 0.25) is 0 Å². The van der Waals surface area contributed by atoms with Gasteiger partial charge < -0.3 is 20.3 Å². The van der Waals surface area contributed by atoms with Crippen molar-refractivity contribution in [3.63, 3.8) is 0 Å². The van der Waals surface area contributed by atoms with E-state index in [1.165, 1.54) is 51.4 Å². The third-order valence-corrected chi connectivity index (χ3v) is 8.23. The molecule has 1 unspecified atom stereocenters. The Bertz CT molecular complexity index is 628. The Morgan fingerprint density at radius 2 is 1.70 bits per heavy atom. The topological polar surface area (TPSA) is 69.2 Å². The summed E-state index contributed by atoms with van der Waals surface area (Å²) in [5.74, 6) is 1.56. The molecule has 0 spiro atoms. The van der Waals surface area contributed by atoms with Crippen LogP contribution in [0, 0.1) is 11.3 Å². The summed E-state index contributed by atoms with van der Waals surface area (Å²) in [4.78, 5) is 22.1. The van der Waals surface area contributed by atoms with Gasteiger partial charge in [0.05, 0.1) is 13.2 Å². The fourth-order valence-corrected chi connectivity index (χ4v) is 6.27. The van der Waals surface area contributed by atoms with E-state index in [-0.39, 0.29) is 29.9 Å². The van der Waals surface area contributed by atoms with Crippen LogP contribution in [0.1, 0.15) is 70.6 Å². The number of carbonyl (C=O) groups is 1. The van der Waals surface area contributed by atoms with Gasteiger partial charge in [-0.15, -0.1) is 24.0 Å². The molecule has 2 aliphatic heterocycles. The highest BCUT2D eigenvalue weighted by molar-refractivity contribution is 14.0. The third-order valence-electron chi connectivity index (χ3n) is 8.23. The summed E-state index contributed by atoms with van der Waals surface area (Å²) in [6.07, 6.45) is 13.5. The third kappa shape index (κ3) is 7.69. The Morgan fingerprint density at radius 1 is 1.00 bits per heavy atom. The van der Waals surface area contributed by atoms with Crippen LogP contribution >= 0.6 is 24.0 Å². The van der Waals surface area contributed by atoms with Gasteiger partial charge in [-0.05, 0) is 32.1 Å². The van der Waals surface area contributed by atoms with E-state index in [2.05, 4.69) is 25.4 Å². The van der Waals surface area contributed by atoms with Crippen molar-refractivity contribution in [3.05, 3.63) is 0 Å². The Balaban J connectivity index is 0.00000306. The smallest absolute Gasteiger partial charge is 0.225 e. The number of halogens is 1. The molecule has 2 heterocycles. The first-order valence-electron chi connectivity index (χ1n) is 13.2. The van der Waals surface area contributed by atoms with Crippen molar-refractivity contribution in [1.82, 2.24) is 20.4 Å². The highest BCUT2D eigenvalue weighted by atomic mass is 127. The average molecular weight is 576 g/mol. The van der Waals surface area contributed by atoms with Crippen LogP contribution in [-0.4, -0.2) is 87.2 Å². The summed E-state index contributed by atoms with van der Waals surface area (Å²) in [7, 11) is 1.87. The molecule has 0 radical (unpaired) electrons. The van der Waals surface area contributed by atoms with Crippen LogP contribution in [0.4, 0.5) is 0 Å². The van der Waals surface area contributed by atoms with Crippen molar-refractivity contribution >= 4 is 35.8 Å². The molecule has 4 fully saturated rings. The van der Waals surface area contributed by atoms with Gasteiger partial charge >= 0.3 is 0 Å². The van der Waals surface area contributed by atoms with Crippen LogP contribution in [-0.2, 0) is 9.53 Å². The number of morpholine rings is 1. The molecule has 190 valence electrons. The standard InChI is InChI=1S/C25H45N5O2.HI/c1-26-24(28-22-10-13-30(18-22)23(31)21-8-4-2-5-9-21)27-19-25(11-6-3-7-12-25)20-29-14-16-32-17-15-29;/h21-22H,2-20H2,1H3,(H2,26,27,28);1H. The predicted molar refractivity (Wildman–Crippen MR) is 144 cm³/mol. The molecule has 4 rings (SSSR count). The SMILES string of the molecule is CN=C(NCC1(CN2CCOCC2)CCCCC1)NC1CCN(C(=O)C2CCCCC2)C1.I. The Morgan fingerprint density at radius 3 is 2.39 bits per heavy atom. The number of nitrogens with zero attached hydrogens (tertiary/aromatic N) is 3. The van der Waals surface area contributed by atoms with Gasteiger partial charge in [0.1, 0.15) is 0 Å². The molecule has 33 heavy (non-hydrogen) atoms. The van der Waals surface area contributed by atoms with Gasteiger partial charge in [-0.3, -0.25) is 14.7 Å². The number of hydrogen-bond acceptors (Lipinski definition) is 4. The first kappa shape index (κ1) is 27.0. The quantitative estimate of drug-likeness (QED) is 0.289. The van der Waals surface area contributed by atoms with Crippen molar-refractivity contribution in [2.24, 2.45) is 16.3 Å². The second-order valence-corrected chi connectivity index (χ2v) is 10.6. The highest BCUT2D eigenvalue weighted by Gasteiger charge is 2.35. The molecule has 8 heteroatoms. The van der Waals surface area contributed by atoms with Crippen molar-refractivity contribution < 1.29 is 9.53 Å². The second kappa shape index (κ2) is 13.5. The first-order valence-corrected chi connectivity index (χ1v) is 13.2. The maximum absolute atomic E-state index is 12.9. The monoisotopic (exact) mass is 575 g/mol. The maximum atomic E-state index is 12.9. The summed E-state index contributed by atoms with van der Waals surface area (Å²) in [6, 6.07) is 0.301. The van der Waals surface area contributed by atoms with Crippen LogP contribution in [0.3, 0.4) is 0 Å².